The molecule has 4 atom stereocenters. The number of anilines is 2. The van der Waals surface area contributed by atoms with Crippen molar-refractivity contribution >= 4 is 46.6 Å². The van der Waals surface area contributed by atoms with Crippen molar-refractivity contribution in [2.24, 2.45) is 0 Å². The third kappa shape index (κ3) is 11.2. The van der Waals surface area contributed by atoms with Crippen LogP contribution in [0.1, 0.15) is 20.8 Å². The second-order valence-corrected chi connectivity index (χ2v) is 10.2. The third-order valence-electron chi connectivity index (χ3n) is 6.59. The Morgan fingerprint density at radius 1 is 0.766 bits per heavy atom. The molecule has 0 radical (unpaired) electrons. The average Bonchev–Trinajstić information content (AvgIpc) is 2.99. The number of ether oxygens (including phenoxy) is 5. The van der Waals surface area contributed by atoms with E-state index in [9.17, 15) is 39.4 Å². The molecule has 0 unspecified atom stereocenters. The van der Waals surface area contributed by atoms with Crippen LogP contribution in [0.4, 0.5) is 22.7 Å². The van der Waals surface area contributed by atoms with Gasteiger partial charge in [-0.15, -0.1) is 0 Å². The van der Waals surface area contributed by atoms with Crippen molar-refractivity contribution in [2.45, 2.75) is 45.4 Å². The van der Waals surface area contributed by atoms with E-state index in [2.05, 4.69) is 10.6 Å². The van der Waals surface area contributed by atoms with Crippen molar-refractivity contribution in [1.82, 2.24) is 4.90 Å². The Labute approximate surface area is 268 Å². The molecule has 0 bridgehead atoms. The molecule has 0 spiro atoms. The van der Waals surface area contributed by atoms with E-state index in [1.807, 2.05) is 0 Å². The van der Waals surface area contributed by atoms with Gasteiger partial charge in [-0.2, -0.15) is 0 Å². The highest BCUT2D eigenvalue weighted by molar-refractivity contribution is 5.72. The van der Waals surface area contributed by atoms with Gasteiger partial charge in [-0.3, -0.25) is 44.3 Å². The summed E-state index contributed by atoms with van der Waals surface area (Å²) in [5.41, 5.74) is 0.238. The molecule has 47 heavy (non-hydrogen) atoms. The Morgan fingerprint density at radius 2 is 1.23 bits per heavy atom. The van der Waals surface area contributed by atoms with Crippen molar-refractivity contribution in [3.8, 4) is 0 Å². The molecule has 2 N–H and O–H groups in total. The van der Waals surface area contributed by atoms with Crippen LogP contribution >= 0.6 is 0 Å². The van der Waals surface area contributed by atoms with E-state index in [0.717, 1.165) is 20.8 Å². The number of nitrogens with zero attached hydrogens (tertiary/aromatic N) is 3. The number of carbonyl (C=O) groups excluding carboxylic acids is 4. The first-order valence-electron chi connectivity index (χ1n) is 14.3. The summed E-state index contributed by atoms with van der Waals surface area (Å²) >= 11 is 0. The number of rotatable bonds is 16. The van der Waals surface area contributed by atoms with Gasteiger partial charge in [-0.25, -0.2) is 0 Å². The fourth-order valence-corrected chi connectivity index (χ4v) is 4.69. The Hall–Kier alpha value is -5.36. The summed E-state index contributed by atoms with van der Waals surface area (Å²) in [6, 6.07) is 12.0. The summed E-state index contributed by atoms with van der Waals surface area (Å²) in [6.45, 7) is 3.20. The van der Waals surface area contributed by atoms with E-state index in [1.165, 1.54) is 36.4 Å². The molecule has 18 nitrogen and oxygen atoms in total. The maximum Gasteiger partial charge on any atom is 0.322 e. The predicted octanol–water partition coefficient (Wildman–Crippen LogP) is 2.02. The highest BCUT2D eigenvalue weighted by atomic mass is 16.7. The summed E-state index contributed by atoms with van der Waals surface area (Å²) < 4.78 is 26.8. The zero-order valence-corrected chi connectivity index (χ0v) is 25.8. The predicted molar refractivity (Wildman–Crippen MR) is 162 cm³/mol. The highest BCUT2D eigenvalue weighted by Crippen LogP contribution is 2.26. The molecule has 1 fully saturated rings. The lowest BCUT2D eigenvalue weighted by Crippen LogP contribution is -2.58. The first-order chi connectivity index (χ1) is 22.3. The van der Waals surface area contributed by atoms with Crippen molar-refractivity contribution < 1.29 is 52.7 Å². The summed E-state index contributed by atoms with van der Waals surface area (Å²) in [5, 5.41) is 28.7. The van der Waals surface area contributed by atoms with Gasteiger partial charge in [0, 0.05) is 59.1 Å². The minimum Gasteiger partial charge on any atom is -0.456 e. The van der Waals surface area contributed by atoms with Gasteiger partial charge in [-0.1, -0.05) is 24.3 Å². The molecule has 1 aliphatic rings. The topological polar surface area (TPSA) is 228 Å². The molecule has 1 saturated heterocycles. The van der Waals surface area contributed by atoms with Crippen LogP contribution in [0.15, 0.2) is 48.5 Å². The van der Waals surface area contributed by atoms with Crippen LogP contribution in [-0.4, -0.2) is 103 Å². The number of hydrogen-bond donors (Lipinski definition) is 2. The van der Waals surface area contributed by atoms with Gasteiger partial charge in [0.1, 0.15) is 11.4 Å². The van der Waals surface area contributed by atoms with Crippen molar-refractivity contribution in [3.05, 3.63) is 68.8 Å². The maximum absolute atomic E-state index is 13.2. The van der Waals surface area contributed by atoms with Crippen LogP contribution in [0.25, 0.3) is 0 Å². The van der Waals surface area contributed by atoms with Crippen molar-refractivity contribution in [3.63, 3.8) is 0 Å². The number of para-hydroxylation sites is 4. The lowest BCUT2D eigenvalue weighted by molar-refractivity contribution is -0.384. The number of hydrogen-bond acceptors (Lipinski definition) is 16. The van der Waals surface area contributed by atoms with Crippen LogP contribution in [0.2, 0.25) is 0 Å². The van der Waals surface area contributed by atoms with Gasteiger partial charge >= 0.3 is 23.9 Å². The Balaban J connectivity index is 1.74. The monoisotopic (exact) mass is 661 g/mol. The molecule has 3 rings (SSSR count). The fraction of sp³-hybridized carbons (Fsp3) is 0.448. The van der Waals surface area contributed by atoms with Crippen molar-refractivity contribution in [1.29, 1.82) is 0 Å². The molecule has 2 aromatic carbocycles. The summed E-state index contributed by atoms with van der Waals surface area (Å²) in [4.78, 5) is 71.9. The van der Waals surface area contributed by atoms with Crippen LogP contribution in [0.3, 0.4) is 0 Å². The Morgan fingerprint density at radius 3 is 1.70 bits per heavy atom. The Bertz CT molecular complexity index is 1390. The molecule has 0 saturated carbocycles. The van der Waals surface area contributed by atoms with E-state index in [-0.39, 0.29) is 62.1 Å². The number of benzene rings is 2. The summed E-state index contributed by atoms with van der Waals surface area (Å²) in [6.07, 6.45) is -5.53. The zero-order chi connectivity index (χ0) is 34.5. The Kier molecular flexibility index (Phi) is 13.3. The normalized spacial score (nSPS) is 18.8. The van der Waals surface area contributed by atoms with Gasteiger partial charge in [0.2, 0.25) is 12.4 Å². The lowest BCUT2D eigenvalue weighted by Gasteiger charge is -2.39. The maximum atomic E-state index is 13.2. The smallest absolute Gasteiger partial charge is 0.322 e. The van der Waals surface area contributed by atoms with E-state index in [1.54, 1.807) is 17.0 Å². The van der Waals surface area contributed by atoms with Crippen LogP contribution in [-0.2, 0) is 42.9 Å². The van der Waals surface area contributed by atoms with E-state index in [4.69, 9.17) is 23.7 Å². The minimum atomic E-state index is -1.54. The number of nitrogens with one attached hydrogen (secondary N) is 2. The number of nitro groups is 2. The quantitative estimate of drug-likeness (QED) is 0.113. The first kappa shape index (κ1) is 36.1. The highest BCUT2D eigenvalue weighted by Gasteiger charge is 2.48. The average molecular weight is 662 g/mol. The number of carbonyl (C=O) groups is 4. The molecule has 1 aliphatic heterocycles. The molecule has 254 valence electrons. The SMILES string of the molecule is CC(=O)O[C@@H]1[C@@H](OC(C)=O)[C@H](OC(=O)CN(CCNc2ccccc2[N+](=O)[O-])CCNc2ccccc2[N+](=O)[O-])OC[C@H]1OC(C)=O. The third-order valence-corrected chi connectivity index (χ3v) is 6.59. The van der Waals surface area contributed by atoms with Gasteiger partial charge < -0.3 is 34.3 Å². The first-order valence-corrected chi connectivity index (χ1v) is 14.3. The van der Waals surface area contributed by atoms with E-state index >= 15 is 0 Å². The molecular weight excluding hydrogens is 626 g/mol. The molecule has 0 aromatic heterocycles. The molecule has 0 amide bonds. The largest absolute Gasteiger partial charge is 0.456 e. The zero-order valence-electron chi connectivity index (χ0n) is 25.8. The molecular formula is C29H35N5O13. The van der Waals surface area contributed by atoms with Crippen LogP contribution in [0, 0.1) is 20.2 Å². The summed E-state index contributed by atoms with van der Waals surface area (Å²) in [5.74, 6) is -3.16. The number of nitro benzene ring substituents is 2. The van der Waals surface area contributed by atoms with Gasteiger partial charge in [-0.05, 0) is 12.1 Å². The molecule has 2 aromatic rings. The molecule has 1 heterocycles. The van der Waals surface area contributed by atoms with Gasteiger partial charge in [0.15, 0.2) is 12.2 Å². The van der Waals surface area contributed by atoms with Gasteiger partial charge in [0.05, 0.1) is 23.0 Å². The lowest BCUT2D eigenvalue weighted by atomic mass is 10.0. The van der Waals surface area contributed by atoms with E-state index < -0.39 is 58.3 Å². The van der Waals surface area contributed by atoms with Crippen molar-refractivity contribution in [2.75, 3.05) is 50.0 Å². The number of esters is 4. The van der Waals surface area contributed by atoms with E-state index in [0.29, 0.717) is 0 Å². The van der Waals surface area contributed by atoms with Gasteiger partial charge in [0.25, 0.3) is 11.4 Å². The molecule has 18 heteroatoms. The summed E-state index contributed by atoms with van der Waals surface area (Å²) in [7, 11) is 0. The molecule has 0 aliphatic carbocycles. The second kappa shape index (κ2) is 17.4. The standard InChI is InChI=1S/C29H35N5O13/c1-18(35)44-25-17-43-29(28(46-20(3)37)27(25)45-19(2)36)47-26(38)16-32(14-12-30-21-8-4-6-10-23(21)33(39)40)15-13-31-22-9-5-7-11-24(22)34(41)42/h4-11,25,27-31H,12-17H2,1-3H3/t25-,27+,28-,29+/m1/s1. The second-order valence-electron chi connectivity index (χ2n) is 10.2. The van der Waals surface area contributed by atoms with Crippen LogP contribution < -0.4 is 10.6 Å². The minimum absolute atomic E-state index is 0.142. The van der Waals surface area contributed by atoms with Crippen LogP contribution in [0.5, 0.6) is 0 Å². The fourth-order valence-electron chi connectivity index (χ4n) is 4.69.